The second kappa shape index (κ2) is 6.64. The lowest BCUT2D eigenvalue weighted by atomic mass is 10.2. The summed E-state index contributed by atoms with van der Waals surface area (Å²) in [6, 6.07) is 0.129. The third-order valence-corrected chi connectivity index (χ3v) is 4.87. The Morgan fingerprint density at radius 1 is 1.33 bits per heavy atom. The molecule has 0 amide bonds. The Morgan fingerprint density at radius 2 is 2.06 bits per heavy atom. The normalized spacial score (nSPS) is 18.4. The van der Waals surface area contributed by atoms with E-state index < -0.39 is 0 Å². The van der Waals surface area contributed by atoms with Crippen molar-refractivity contribution in [3.63, 3.8) is 0 Å². The number of likely N-dealkylation sites (tertiary alicyclic amines) is 1. The number of hydrogen-bond donors (Lipinski definition) is 1. The van der Waals surface area contributed by atoms with E-state index in [1.807, 2.05) is 11.3 Å². The molecule has 1 aromatic rings. The summed E-state index contributed by atoms with van der Waals surface area (Å²) in [6.45, 7) is 7.98. The first-order chi connectivity index (χ1) is 8.70. The molecular formula is C14H25N3S. The summed E-state index contributed by atoms with van der Waals surface area (Å²) in [5, 5.41) is 1.28. The van der Waals surface area contributed by atoms with Crippen molar-refractivity contribution in [2.45, 2.75) is 52.0 Å². The highest BCUT2D eigenvalue weighted by atomic mass is 32.1. The van der Waals surface area contributed by atoms with Gasteiger partial charge in [-0.2, -0.15) is 0 Å². The van der Waals surface area contributed by atoms with Crippen LogP contribution in [0.15, 0.2) is 0 Å². The highest BCUT2D eigenvalue weighted by Gasteiger charge is 2.16. The average molecular weight is 267 g/mol. The zero-order chi connectivity index (χ0) is 13.0. The molecule has 2 N–H and O–H groups in total. The Kier molecular flexibility index (Phi) is 5.15. The van der Waals surface area contributed by atoms with Crippen LogP contribution in [0, 0.1) is 0 Å². The first-order valence-electron chi connectivity index (χ1n) is 7.17. The van der Waals surface area contributed by atoms with Gasteiger partial charge in [-0.25, -0.2) is 4.98 Å². The van der Waals surface area contributed by atoms with Crippen LogP contribution in [0.5, 0.6) is 0 Å². The van der Waals surface area contributed by atoms with E-state index in [1.54, 1.807) is 0 Å². The zero-order valence-electron chi connectivity index (χ0n) is 11.6. The third-order valence-electron chi connectivity index (χ3n) is 3.51. The van der Waals surface area contributed by atoms with Crippen LogP contribution in [0.3, 0.4) is 0 Å². The Morgan fingerprint density at radius 3 is 2.67 bits per heavy atom. The fraction of sp³-hybridized carbons (Fsp3) is 0.786. The van der Waals surface area contributed by atoms with Crippen LogP contribution in [0.25, 0.3) is 0 Å². The molecule has 0 spiro atoms. The number of nitrogens with zero attached hydrogens (tertiary/aromatic N) is 2. The van der Waals surface area contributed by atoms with E-state index in [4.69, 9.17) is 10.7 Å². The van der Waals surface area contributed by atoms with E-state index in [9.17, 15) is 0 Å². The van der Waals surface area contributed by atoms with Gasteiger partial charge in [0.25, 0.3) is 0 Å². The van der Waals surface area contributed by atoms with Gasteiger partial charge in [0.05, 0.1) is 10.7 Å². The maximum Gasteiger partial charge on any atom is 0.0944 e. The minimum atomic E-state index is 0.129. The van der Waals surface area contributed by atoms with Gasteiger partial charge in [-0.05, 0) is 39.3 Å². The highest BCUT2D eigenvalue weighted by Crippen LogP contribution is 2.25. The van der Waals surface area contributed by atoms with Crippen LogP contribution in [0.2, 0.25) is 0 Å². The summed E-state index contributed by atoms with van der Waals surface area (Å²) in [5.74, 6) is 0. The van der Waals surface area contributed by atoms with E-state index in [2.05, 4.69) is 18.7 Å². The van der Waals surface area contributed by atoms with Gasteiger partial charge in [0.15, 0.2) is 0 Å². The van der Waals surface area contributed by atoms with E-state index in [0.717, 1.165) is 25.8 Å². The van der Waals surface area contributed by atoms with Gasteiger partial charge in [-0.1, -0.05) is 13.3 Å². The van der Waals surface area contributed by atoms with Gasteiger partial charge in [0, 0.05) is 23.9 Å². The molecule has 1 aliphatic heterocycles. The van der Waals surface area contributed by atoms with Crippen molar-refractivity contribution < 1.29 is 0 Å². The largest absolute Gasteiger partial charge is 0.323 e. The lowest BCUT2D eigenvalue weighted by Crippen LogP contribution is -2.21. The van der Waals surface area contributed by atoms with Gasteiger partial charge < -0.3 is 10.6 Å². The van der Waals surface area contributed by atoms with Gasteiger partial charge in [0.1, 0.15) is 0 Å². The molecule has 0 aromatic carbocycles. The molecule has 2 rings (SSSR count). The van der Waals surface area contributed by atoms with Crippen molar-refractivity contribution in [3.05, 3.63) is 15.6 Å². The summed E-state index contributed by atoms with van der Waals surface area (Å²) >= 11 is 1.83. The highest BCUT2D eigenvalue weighted by molar-refractivity contribution is 7.11. The fourth-order valence-electron chi connectivity index (χ4n) is 2.55. The molecule has 2 heterocycles. The number of hydrogen-bond acceptors (Lipinski definition) is 4. The minimum Gasteiger partial charge on any atom is -0.323 e. The predicted octanol–water partition coefficient (Wildman–Crippen LogP) is 2.75. The van der Waals surface area contributed by atoms with Crippen molar-refractivity contribution in [2.75, 3.05) is 19.6 Å². The van der Waals surface area contributed by atoms with Crippen LogP contribution in [-0.4, -0.2) is 29.5 Å². The van der Waals surface area contributed by atoms with Crippen molar-refractivity contribution in [1.29, 1.82) is 0 Å². The van der Waals surface area contributed by atoms with Crippen LogP contribution in [0.4, 0.5) is 0 Å². The summed E-state index contributed by atoms with van der Waals surface area (Å²) in [6.07, 6.45) is 6.04. The fourth-order valence-corrected chi connectivity index (χ4v) is 3.61. The molecular weight excluding hydrogens is 242 g/mol. The molecule has 1 saturated heterocycles. The first-order valence-corrected chi connectivity index (χ1v) is 7.98. The summed E-state index contributed by atoms with van der Waals surface area (Å²) < 4.78 is 0. The second-order valence-electron chi connectivity index (χ2n) is 5.26. The molecule has 1 atom stereocenters. The summed E-state index contributed by atoms with van der Waals surface area (Å²) in [4.78, 5) is 8.64. The monoisotopic (exact) mass is 267 g/mol. The topological polar surface area (TPSA) is 42.2 Å². The lowest BCUT2D eigenvalue weighted by molar-refractivity contribution is 0.343. The Labute approximate surface area is 114 Å². The van der Waals surface area contributed by atoms with Crippen LogP contribution >= 0.6 is 11.3 Å². The first kappa shape index (κ1) is 14.0. The molecule has 18 heavy (non-hydrogen) atoms. The molecule has 1 aliphatic rings. The van der Waals surface area contributed by atoms with Crippen LogP contribution in [-0.2, 0) is 12.8 Å². The molecule has 0 radical (unpaired) electrons. The SMILES string of the molecule is CCCc1nc(CCN2CCCC2)sc1C(C)N. The summed E-state index contributed by atoms with van der Waals surface area (Å²) in [5.41, 5.74) is 7.28. The standard InChI is InChI=1S/C14H25N3S/c1-3-6-12-14(11(2)15)18-13(16-12)7-10-17-8-4-5-9-17/h11H,3-10,15H2,1-2H3. The molecule has 1 fully saturated rings. The number of nitrogens with two attached hydrogens (primary N) is 1. The third kappa shape index (κ3) is 3.53. The van der Waals surface area contributed by atoms with Crippen LogP contribution in [0.1, 0.15) is 54.7 Å². The smallest absolute Gasteiger partial charge is 0.0944 e. The van der Waals surface area contributed by atoms with Gasteiger partial charge in [0.2, 0.25) is 0 Å². The molecule has 3 nitrogen and oxygen atoms in total. The molecule has 1 aromatic heterocycles. The van der Waals surface area contributed by atoms with Crippen molar-refractivity contribution in [2.24, 2.45) is 5.73 Å². The lowest BCUT2D eigenvalue weighted by Gasteiger charge is -2.12. The molecule has 0 saturated carbocycles. The number of thiazole rings is 1. The molecule has 1 unspecified atom stereocenters. The van der Waals surface area contributed by atoms with Crippen molar-refractivity contribution in [1.82, 2.24) is 9.88 Å². The Hall–Kier alpha value is -0.450. The number of aryl methyl sites for hydroxylation is 1. The average Bonchev–Trinajstić information content (AvgIpc) is 2.95. The number of rotatable bonds is 6. The van der Waals surface area contributed by atoms with E-state index in [0.29, 0.717) is 0 Å². The van der Waals surface area contributed by atoms with E-state index in [1.165, 1.54) is 41.5 Å². The predicted molar refractivity (Wildman–Crippen MR) is 78.1 cm³/mol. The van der Waals surface area contributed by atoms with Gasteiger partial charge >= 0.3 is 0 Å². The Balaban J connectivity index is 1.96. The Bertz CT molecular complexity index is 367. The zero-order valence-corrected chi connectivity index (χ0v) is 12.4. The van der Waals surface area contributed by atoms with Crippen molar-refractivity contribution in [3.8, 4) is 0 Å². The summed E-state index contributed by atoms with van der Waals surface area (Å²) in [7, 11) is 0. The minimum absolute atomic E-state index is 0.129. The van der Waals surface area contributed by atoms with E-state index >= 15 is 0 Å². The molecule has 102 valence electrons. The quantitative estimate of drug-likeness (QED) is 0.862. The number of aromatic nitrogens is 1. The second-order valence-corrected chi connectivity index (χ2v) is 6.37. The van der Waals surface area contributed by atoms with Crippen LogP contribution < -0.4 is 5.73 Å². The van der Waals surface area contributed by atoms with Crippen molar-refractivity contribution >= 4 is 11.3 Å². The van der Waals surface area contributed by atoms with Gasteiger partial charge in [-0.3, -0.25) is 0 Å². The molecule has 0 bridgehead atoms. The van der Waals surface area contributed by atoms with E-state index in [-0.39, 0.29) is 6.04 Å². The molecule has 4 heteroatoms. The maximum absolute atomic E-state index is 6.04. The van der Waals surface area contributed by atoms with Gasteiger partial charge in [-0.15, -0.1) is 11.3 Å². The maximum atomic E-state index is 6.04. The molecule has 0 aliphatic carbocycles.